The van der Waals surface area contributed by atoms with E-state index in [9.17, 15) is 4.79 Å². The Bertz CT molecular complexity index is 1090. The Morgan fingerprint density at radius 2 is 1.67 bits per heavy atom. The highest BCUT2D eigenvalue weighted by molar-refractivity contribution is 5.90. The van der Waals surface area contributed by atoms with Gasteiger partial charge in [0.1, 0.15) is 11.5 Å². The van der Waals surface area contributed by atoms with Crippen LogP contribution in [0.2, 0.25) is 0 Å². The summed E-state index contributed by atoms with van der Waals surface area (Å²) in [7, 11) is 1.66. The van der Waals surface area contributed by atoms with Crippen molar-refractivity contribution in [2.45, 2.75) is 18.4 Å². The van der Waals surface area contributed by atoms with E-state index in [2.05, 4.69) is 21.7 Å². The molecule has 30 heavy (non-hydrogen) atoms. The van der Waals surface area contributed by atoms with Gasteiger partial charge in [0, 0.05) is 30.2 Å². The number of carbonyl (C=O) groups is 1. The Morgan fingerprint density at radius 3 is 2.40 bits per heavy atom. The molecule has 2 aromatic carbocycles. The lowest BCUT2D eigenvalue weighted by Gasteiger charge is -2.32. The largest absolute Gasteiger partial charge is 0.497 e. The van der Waals surface area contributed by atoms with Crippen LogP contribution in [-0.4, -0.2) is 12.9 Å². The second-order valence-electron chi connectivity index (χ2n) is 7.78. The molecule has 5 nitrogen and oxygen atoms in total. The van der Waals surface area contributed by atoms with Crippen LogP contribution in [0.4, 0.5) is 11.4 Å². The third-order valence-electron chi connectivity index (χ3n) is 5.98. The first-order chi connectivity index (χ1) is 14.7. The number of allylic oxidation sites excluding steroid dienone is 1. The molecule has 3 aromatic rings. The van der Waals surface area contributed by atoms with E-state index in [1.807, 2.05) is 73.1 Å². The van der Waals surface area contributed by atoms with Gasteiger partial charge in [-0.05, 0) is 35.4 Å². The Kier molecular flexibility index (Phi) is 4.71. The molecule has 0 radical (unpaired) electrons. The lowest BCUT2D eigenvalue weighted by molar-refractivity contribution is -0.378. The Balaban J connectivity index is 1.59. The summed E-state index contributed by atoms with van der Waals surface area (Å²) in [5.74, 6) is 0.823. The number of aromatic amines is 1. The lowest BCUT2D eigenvalue weighted by atomic mass is 9.76. The molecule has 3 N–H and O–H groups in total. The molecule has 0 saturated carbocycles. The number of para-hydroxylation sites is 2. The van der Waals surface area contributed by atoms with Gasteiger partial charge in [-0.2, -0.15) is 0 Å². The summed E-state index contributed by atoms with van der Waals surface area (Å²) in [6.45, 7) is 0. The highest BCUT2D eigenvalue weighted by Crippen LogP contribution is 2.44. The molecule has 3 unspecified atom stereocenters. The van der Waals surface area contributed by atoms with Gasteiger partial charge in [-0.3, -0.25) is 4.79 Å². The number of nitrogens with one attached hydrogen (secondary N) is 3. The van der Waals surface area contributed by atoms with Crippen LogP contribution >= 0.6 is 0 Å². The van der Waals surface area contributed by atoms with Crippen molar-refractivity contribution in [2.24, 2.45) is 5.92 Å². The third kappa shape index (κ3) is 3.32. The first-order valence-corrected chi connectivity index (χ1v) is 10.2. The third-order valence-corrected chi connectivity index (χ3v) is 5.98. The number of anilines is 2. The molecule has 5 rings (SSSR count). The minimum Gasteiger partial charge on any atom is -0.497 e. The SMILES string of the molecule is COc1ccc(C2C=C3Nc4ccccc4NC(c4cc[nH+]cc4)C3C(=O)C2)cc1. The first kappa shape index (κ1) is 18.4. The van der Waals surface area contributed by atoms with Gasteiger partial charge in [0.05, 0.1) is 30.4 Å². The smallest absolute Gasteiger partial charge is 0.167 e. The minimum absolute atomic E-state index is 0.0391. The molecule has 3 atom stereocenters. The number of methoxy groups -OCH3 is 1. The maximum atomic E-state index is 13.5. The van der Waals surface area contributed by atoms with Crippen molar-refractivity contribution >= 4 is 17.2 Å². The van der Waals surface area contributed by atoms with Gasteiger partial charge in [0.2, 0.25) is 0 Å². The monoisotopic (exact) mass is 398 g/mol. The van der Waals surface area contributed by atoms with E-state index in [4.69, 9.17) is 4.74 Å². The molecule has 1 aliphatic carbocycles. The van der Waals surface area contributed by atoms with Crippen LogP contribution in [-0.2, 0) is 4.79 Å². The van der Waals surface area contributed by atoms with Crippen LogP contribution < -0.4 is 20.4 Å². The summed E-state index contributed by atoms with van der Waals surface area (Å²) in [5.41, 5.74) is 5.15. The lowest BCUT2D eigenvalue weighted by Crippen LogP contribution is -2.34. The van der Waals surface area contributed by atoms with E-state index in [0.717, 1.165) is 33.9 Å². The molecule has 0 saturated heterocycles. The fourth-order valence-corrected chi connectivity index (χ4v) is 4.45. The van der Waals surface area contributed by atoms with Crippen LogP contribution in [0.15, 0.2) is 84.8 Å². The average molecular weight is 398 g/mol. The van der Waals surface area contributed by atoms with E-state index < -0.39 is 0 Å². The number of aromatic nitrogens is 1. The standard InChI is InChI=1S/C25H23N3O2/c1-30-19-8-6-16(7-9-19)18-14-22-24(23(29)15-18)25(17-10-12-26-13-11-17)28-21-5-3-2-4-20(21)27-22/h2-14,18,24-25,27-28H,15H2,1H3/p+1. The maximum Gasteiger partial charge on any atom is 0.167 e. The summed E-state index contributed by atoms with van der Waals surface area (Å²) < 4.78 is 5.28. The summed E-state index contributed by atoms with van der Waals surface area (Å²) in [5, 5.41) is 7.18. The summed E-state index contributed by atoms with van der Waals surface area (Å²) in [4.78, 5) is 16.5. The fourth-order valence-electron chi connectivity index (χ4n) is 4.45. The van der Waals surface area contributed by atoms with Crippen LogP contribution in [0.5, 0.6) is 5.75 Å². The van der Waals surface area contributed by atoms with E-state index in [-0.39, 0.29) is 23.7 Å². The van der Waals surface area contributed by atoms with E-state index in [1.54, 1.807) is 7.11 Å². The number of Topliss-reactive ketones (excluding diaryl/α,β-unsaturated/α-hetero) is 1. The predicted octanol–water partition coefficient (Wildman–Crippen LogP) is 4.34. The number of H-pyrrole nitrogens is 1. The predicted molar refractivity (Wildman–Crippen MR) is 116 cm³/mol. The summed E-state index contributed by atoms with van der Waals surface area (Å²) in [6.07, 6.45) is 6.51. The van der Waals surface area contributed by atoms with Crippen molar-refractivity contribution < 1.29 is 14.5 Å². The van der Waals surface area contributed by atoms with Crippen molar-refractivity contribution in [1.29, 1.82) is 0 Å². The van der Waals surface area contributed by atoms with Crippen LogP contribution in [0.25, 0.3) is 0 Å². The van der Waals surface area contributed by atoms with Gasteiger partial charge in [0.15, 0.2) is 12.4 Å². The number of carbonyl (C=O) groups excluding carboxylic acids is 1. The van der Waals surface area contributed by atoms with Crippen LogP contribution in [0.3, 0.4) is 0 Å². The summed E-state index contributed by atoms with van der Waals surface area (Å²) in [6, 6.07) is 20.0. The number of ether oxygens (including phenoxy) is 1. The van der Waals surface area contributed by atoms with Crippen molar-refractivity contribution in [3.8, 4) is 5.75 Å². The Labute approximate surface area is 175 Å². The molecule has 2 heterocycles. The number of hydrogen-bond donors (Lipinski definition) is 2. The topological polar surface area (TPSA) is 64.5 Å². The zero-order valence-electron chi connectivity index (χ0n) is 16.8. The maximum absolute atomic E-state index is 13.5. The van der Waals surface area contributed by atoms with E-state index in [1.165, 1.54) is 0 Å². The second kappa shape index (κ2) is 7.67. The average Bonchev–Trinajstić information content (AvgIpc) is 2.96. The number of pyridine rings is 1. The molecular weight excluding hydrogens is 374 g/mol. The van der Waals surface area contributed by atoms with E-state index in [0.29, 0.717) is 6.42 Å². The molecule has 2 aliphatic rings. The molecule has 1 aliphatic heterocycles. The molecule has 150 valence electrons. The van der Waals surface area contributed by atoms with Crippen molar-refractivity contribution in [3.63, 3.8) is 0 Å². The van der Waals surface area contributed by atoms with Crippen LogP contribution in [0, 0.1) is 5.92 Å². The number of ketones is 1. The number of hydrogen-bond acceptors (Lipinski definition) is 4. The molecule has 5 heteroatoms. The zero-order chi connectivity index (χ0) is 20.5. The molecule has 1 aromatic heterocycles. The Morgan fingerprint density at radius 1 is 0.933 bits per heavy atom. The van der Waals surface area contributed by atoms with Gasteiger partial charge >= 0.3 is 0 Å². The van der Waals surface area contributed by atoms with Crippen molar-refractivity contribution in [1.82, 2.24) is 0 Å². The number of fused-ring (bicyclic) bond motifs is 2. The number of benzene rings is 2. The van der Waals surface area contributed by atoms with Crippen molar-refractivity contribution in [3.05, 3.63) is 96.0 Å². The van der Waals surface area contributed by atoms with Gasteiger partial charge in [-0.1, -0.05) is 30.3 Å². The summed E-state index contributed by atoms with van der Waals surface area (Å²) >= 11 is 0. The molecule has 0 spiro atoms. The molecule has 0 amide bonds. The molecule has 0 bridgehead atoms. The van der Waals surface area contributed by atoms with Gasteiger partial charge in [-0.25, -0.2) is 4.98 Å². The quantitative estimate of drug-likeness (QED) is 0.689. The van der Waals surface area contributed by atoms with Gasteiger partial charge < -0.3 is 15.4 Å². The fraction of sp³-hybridized carbons (Fsp3) is 0.200. The Hall–Kier alpha value is -3.60. The zero-order valence-corrected chi connectivity index (χ0v) is 16.8. The van der Waals surface area contributed by atoms with Crippen molar-refractivity contribution in [2.75, 3.05) is 17.7 Å². The first-order valence-electron chi connectivity index (χ1n) is 10.2. The number of rotatable bonds is 3. The normalized spacial score (nSPS) is 22.5. The van der Waals surface area contributed by atoms with Gasteiger partial charge in [0.25, 0.3) is 0 Å². The second-order valence-corrected chi connectivity index (χ2v) is 7.78. The van der Waals surface area contributed by atoms with Crippen LogP contribution in [0.1, 0.15) is 29.5 Å². The van der Waals surface area contributed by atoms with E-state index >= 15 is 0 Å². The van der Waals surface area contributed by atoms with Gasteiger partial charge in [-0.15, -0.1) is 0 Å². The molecule has 0 fully saturated rings. The minimum atomic E-state index is -0.269. The molecular formula is C25H24N3O2+. The highest BCUT2D eigenvalue weighted by atomic mass is 16.5. The highest BCUT2D eigenvalue weighted by Gasteiger charge is 2.39.